The lowest BCUT2D eigenvalue weighted by molar-refractivity contribution is -0.123. The van der Waals surface area contributed by atoms with Crippen molar-refractivity contribution >= 4 is 11.6 Å². The van der Waals surface area contributed by atoms with Crippen molar-refractivity contribution in [2.24, 2.45) is 5.10 Å². The van der Waals surface area contributed by atoms with Gasteiger partial charge in [-0.1, -0.05) is 30.3 Å². The fraction of sp³-hybridized carbons (Fsp3) is 0.0800. The first-order valence-corrected chi connectivity index (χ1v) is 10.1. The molecule has 3 aromatic carbocycles. The molecule has 1 aromatic heterocycles. The number of aromatic nitrogens is 2. The van der Waals surface area contributed by atoms with Crippen molar-refractivity contribution in [2.75, 3.05) is 6.61 Å². The van der Waals surface area contributed by atoms with Crippen molar-refractivity contribution in [3.8, 4) is 22.7 Å². The third kappa shape index (κ3) is 5.30. The van der Waals surface area contributed by atoms with Gasteiger partial charge in [-0.05, 0) is 61.0 Å². The molecule has 166 valence electrons. The molecule has 6 nitrogen and oxygen atoms in total. The van der Waals surface area contributed by atoms with Gasteiger partial charge in [-0.15, -0.1) is 0 Å². The summed E-state index contributed by atoms with van der Waals surface area (Å²) < 4.78 is 34.5. The molecule has 0 bridgehead atoms. The predicted molar refractivity (Wildman–Crippen MR) is 121 cm³/mol. The number of carbonyl (C=O) groups is 1. The Morgan fingerprint density at radius 2 is 1.73 bits per heavy atom. The van der Waals surface area contributed by atoms with Gasteiger partial charge in [0, 0.05) is 5.56 Å². The van der Waals surface area contributed by atoms with Crippen molar-refractivity contribution in [1.82, 2.24) is 15.2 Å². The molecular formula is C25H20F2N4O2. The van der Waals surface area contributed by atoms with Gasteiger partial charge in [0.2, 0.25) is 0 Å². The molecule has 8 heteroatoms. The Morgan fingerprint density at radius 3 is 2.48 bits per heavy atom. The normalized spacial score (nSPS) is 11.3. The lowest BCUT2D eigenvalue weighted by Gasteiger charge is -2.13. The predicted octanol–water partition coefficient (Wildman–Crippen LogP) is 4.74. The number of amides is 1. The number of hydrogen-bond donors (Lipinski definition) is 1. The van der Waals surface area contributed by atoms with Gasteiger partial charge in [-0.3, -0.25) is 4.79 Å². The lowest BCUT2D eigenvalue weighted by Crippen LogP contribution is -2.25. The van der Waals surface area contributed by atoms with E-state index in [0.717, 1.165) is 5.69 Å². The molecule has 4 rings (SSSR count). The van der Waals surface area contributed by atoms with E-state index in [2.05, 4.69) is 15.6 Å². The van der Waals surface area contributed by atoms with Crippen LogP contribution in [0.5, 0.6) is 5.75 Å². The minimum absolute atomic E-state index is 0.323. The second kappa shape index (κ2) is 9.86. The second-order valence-corrected chi connectivity index (χ2v) is 7.13. The molecule has 4 aromatic rings. The Balaban J connectivity index is 1.49. The first-order valence-electron chi connectivity index (χ1n) is 10.1. The van der Waals surface area contributed by atoms with Crippen LogP contribution in [-0.4, -0.2) is 28.0 Å². The van der Waals surface area contributed by atoms with Gasteiger partial charge >= 0.3 is 0 Å². The van der Waals surface area contributed by atoms with Crippen LogP contribution in [-0.2, 0) is 4.79 Å². The number of hydrogen-bond acceptors (Lipinski definition) is 4. The van der Waals surface area contributed by atoms with E-state index >= 15 is 0 Å². The zero-order chi connectivity index (χ0) is 23.2. The Kier molecular flexibility index (Phi) is 6.54. The number of benzene rings is 3. The van der Waals surface area contributed by atoms with E-state index in [0.29, 0.717) is 28.3 Å². The number of nitrogens with one attached hydrogen (secondary N) is 1. The molecule has 0 atom stereocenters. The zero-order valence-corrected chi connectivity index (χ0v) is 17.7. The minimum Gasteiger partial charge on any atom is -0.483 e. The van der Waals surface area contributed by atoms with Crippen LogP contribution in [0.2, 0.25) is 0 Å². The van der Waals surface area contributed by atoms with E-state index in [1.54, 1.807) is 36.0 Å². The van der Waals surface area contributed by atoms with Gasteiger partial charge in [0.1, 0.15) is 17.4 Å². The number of rotatable bonds is 7. The topological polar surface area (TPSA) is 68.5 Å². The van der Waals surface area contributed by atoms with Gasteiger partial charge in [-0.2, -0.15) is 10.2 Å². The number of halogens is 2. The van der Waals surface area contributed by atoms with Crippen molar-refractivity contribution in [3.63, 3.8) is 0 Å². The summed E-state index contributed by atoms with van der Waals surface area (Å²) in [6.45, 7) is 1.36. The van der Waals surface area contributed by atoms with Gasteiger partial charge in [-0.25, -0.2) is 18.9 Å². The van der Waals surface area contributed by atoms with Crippen molar-refractivity contribution in [1.29, 1.82) is 0 Å². The summed E-state index contributed by atoms with van der Waals surface area (Å²) >= 11 is 0. The summed E-state index contributed by atoms with van der Waals surface area (Å²) in [7, 11) is 0. The fourth-order valence-corrected chi connectivity index (χ4v) is 3.19. The third-order valence-electron chi connectivity index (χ3n) is 4.83. The number of hydrazone groups is 1. The molecule has 0 aliphatic heterocycles. The summed E-state index contributed by atoms with van der Waals surface area (Å²) in [6, 6.07) is 21.0. The molecule has 1 amide bonds. The summed E-state index contributed by atoms with van der Waals surface area (Å²) in [5.74, 6) is -0.971. The van der Waals surface area contributed by atoms with Crippen LogP contribution in [0.15, 0.2) is 90.2 Å². The zero-order valence-electron chi connectivity index (χ0n) is 17.7. The largest absolute Gasteiger partial charge is 0.483 e. The van der Waals surface area contributed by atoms with Crippen LogP contribution in [0.3, 0.4) is 0 Å². The standard InChI is InChI=1S/C25H20F2N4O2/c1-17(18-7-9-19(26)10-8-18)29-30-25(32)16-33-24-12-11-20(27)15-22(24)23-13-14-28-31(23)21-5-3-2-4-6-21/h2-15H,16H2,1H3,(H,30,32)/b29-17+. The maximum atomic E-state index is 14.1. The van der Waals surface area contributed by atoms with E-state index in [1.807, 2.05) is 30.3 Å². The smallest absolute Gasteiger partial charge is 0.277 e. The summed E-state index contributed by atoms with van der Waals surface area (Å²) in [5, 5.41) is 8.35. The molecule has 0 aliphatic carbocycles. The average Bonchev–Trinajstić information content (AvgIpc) is 3.32. The van der Waals surface area contributed by atoms with E-state index in [1.165, 1.54) is 30.3 Å². The van der Waals surface area contributed by atoms with Crippen molar-refractivity contribution < 1.29 is 18.3 Å². The van der Waals surface area contributed by atoms with Crippen molar-refractivity contribution in [3.05, 3.63) is 102 Å². The highest BCUT2D eigenvalue weighted by atomic mass is 19.1. The van der Waals surface area contributed by atoms with Crippen LogP contribution < -0.4 is 10.2 Å². The number of carbonyl (C=O) groups excluding carboxylic acids is 1. The average molecular weight is 446 g/mol. The molecule has 0 saturated heterocycles. The maximum absolute atomic E-state index is 14.1. The maximum Gasteiger partial charge on any atom is 0.277 e. The number of ether oxygens (including phenoxy) is 1. The summed E-state index contributed by atoms with van der Waals surface area (Å²) in [4.78, 5) is 12.3. The van der Waals surface area contributed by atoms with Crippen LogP contribution >= 0.6 is 0 Å². The molecule has 0 spiro atoms. The van der Waals surface area contributed by atoms with E-state index in [9.17, 15) is 13.6 Å². The van der Waals surface area contributed by atoms with Gasteiger partial charge < -0.3 is 4.74 Å². The first-order chi connectivity index (χ1) is 16.0. The molecule has 1 heterocycles. The molecular weight excluding hydrogens is 426 g/mol. The third-order valence-corrected chi connectivity index (χ3v) is 4.83. The molecule has 1 N–H and O–H groups in total. The van der Waals surface area contributed by atoms with Gasteiger partial charge in [0.05, 0.1) is 23.3 Å². The van der Waals surface area contributed by atoms with E-state index in [4.69, 9.17) is 4.74 Å². The molecule has 0 radical (unpaired) electrons. The van der Waals surface area contributed by atoms with E-state index in [-0.39, 0.29) is 12.4 Å². The monoisotopic (exact) mass is 446 g/mol. The Morgan fingerprint density at radius 1 is 1.00 bits per heavy atom. The molecule has 33 heavy (non-hydrogen) atoms. The quantitative estimate of drug-likeness (QED) is 0.329. The van der Waals surface area contributed by atoms with Crippen LogP contribution in [0.25, 0.3) is 16.9 Å². The highest BCUT2D eigenvalue weighted by molar-refractivity contribution is 5.99. The molecule has 0 saturated carbocycles. The minimum atomic E-state index is -0.497. The molecule has 0 aliphatic rings. The van der Waals surface area contributed by atoms with Gasteiger partial charge in [0.25, 0.3) is 5.91 Å². The second-order valence-electron chi connectivity index (χ2n) is 7.13. The highest BCUT2D eigenvalue weighted by Crippen LogP contribution is 2.32. The van der Waals surface area contributed by atoms with Gasteiger partial charge in [0.15, 0.2) is 6.61 Å². The summed E-state index contributed by atoms with van der Waals surface area (Å²) in [5.41, 5.74) is 5.46. The van der Waals surface area contributed by atoms with Crippen LogP contribution in [0.1, 0.15) is 12.5 Å². The molecule has 0 unspecified atom stereocenters. The number of para-hydroxylation sites is 1. The molecule has 0 fully saturated rings. The SMILES string of the molecule is C/C(=N\NC(=O)COc1ccc(F)cc1-c1ccnn1-c1ccccc1)c1ccc(F)cc1. The van der Waals surface area contributed by atoms with Crippen molar-refractivity contribution in [2.45, 2.75) is 6.92 Å². The Hall–Kier alpha value is -4.33. The first kappa shape index (κ1) is 21.9. The number of nitrogens with zero attached hydrogens (tertiary/aromatic N) is 3. The lowest BCUT2D eigenvalue weighted by atomic mass is 10.1. The fourth-order valence-electron chi connectivity index (χ4n) is 3.19. The van der Waals surface area contributed by atoms with E-state index < -0.39 is 11.7 Å². The summed E-state index contributed by atoms with van der Waals surface area (Å²) in [6.07, 6.45) is 1.61. The van der Waals surface area contributed by atoms with Crippen LogP contribution in [0, 0.1) is 11.6 Å². The highest BCUT2D eigenvalue weighted by Gasteiger charge is 2.15. The Labute approximate surface area is 189 Å². The van der Waals surface area contributed by atoms with Crippen LogP contribution in [0.4, 0.5) is 8.78 Å². The Bertz CT molecular complexity index is 1290.